The summed E-state index contributed by atoms with van der Waals surface area (Å²) in [6.07, 6.45) is 0. The average Bonchev–Trinajstić information content (AvgIpc) is 2.39. The fraction of sp³-hybridized carbons (Fsp3) is 0.188. The molecule has 0 fully saturated rings. The van der Waals surface area contributed by atoms with Crippen molar-refractivity contribution in [2.45, 2.75) is 6.54 Å². The maximum absolute atomic E-state index is 13.0. The third kappa shape index (κ3) is 4.48. The fourth-order valence-electron chi connectivity index (χ4n) is 1.96. The Morgan fingerprint density at radius 2 is 1.90 bits per heavy atom. The Labute approximate surface area is 118 Å². The Balaban J connectivity index is 1.85. The summed E-state index contributed by atoms with van der Waals surface area (Å²) in [7, 11) is 1.87. The van der Waals surface area contributed by atoms with Crippen molar-refractivity contribution >= 4 is 11.6 Å². The van der Waals surface area contributed by atoms with Crippen LogP contribution in [0.25, 0.3) is 0 Å². The van der Waals surface area contributed by atoms with Gasteiger partial charge in [-0.1, -0.05) is 36.4 Å². The van der Waals surface area contributed by atoms with Crippen molar-refractivity contribution in [1.29, 1.82) is 0 Å². The molecule has 2 aromatic carbocycles. The van der Waals surface area contributed by atoms with Gasteiger partial charge in [0.25, 0.3) is 0 Å². The number of halogens is 1. The lowest BCUT2D eigenvalue weighted by Gasteiger charge is -2.16. The van der Waals surface area contributed by atoms with Crippen LogP contribution in [0.5, 0.6) is 0 Å². The molecule has 20 heavy (non-hydrogen) atoms. The van der Waals surface area contributed by atoms with E-state index in [0.29, 0.717) is 12.2 Å². The fourth-order valence-corrected chi connectivity index (χ4v) is 1.96. The minimum Gasteiger partial charge on any atom is -0.325 e. The SMILES string of the molecule is CN(CC(=O)Nc1cccc(F)c1)Cc1ccccc1. The Bertz CT molecular complexity index is 572. The van der Waals surface area contributed by atoms with E-state index in [1.165, 1.54) is 12.1 Å². The second-order valence-corrected chi connectivity index (χ2v) is 4.72. The number of carbonyl (C=O) groups is 1. The second kappa shape index (κ2) is 6.82. The van der Waals surface area contributed by atoms with E-state index in [0.717, 1.165) is 5.56 Å². The van der Waals surface area contributed by atoms with Crippen LogP contribution < -0.4 is 5.32 Å². The number of hydrogen-bond acceptors (Lipinski definition) is 2. The van der Waals surface area contributed by atoms with Crippen LogP contribution in [0.1, 0.15) is 5.56 Å². The first kappa shape index (κ1) is 14.2. The third-order valence-corrected chi connectivity index (χ3v) is 2.82. The number of carbonyl (C=O) groups excluding carboxylic acids is 1. The molecule has 1 N–H and O–H groups in total. The zero-order chi connectivity index (χ0) is 14.4. The van der Waals surface area contributed by atoms with Crippen LogP contribution in [0.4, 0.5) is 10.1 Å². The third-order valence-electron chi connectivity index (χ3n) is 2.82. The molecule has 0 atom stereocenters. The Morgan fingerprint density at radius 3 is 2.60 bits per heavy atom. The molecule has 0 radical (unpaired) electrons. The summed E-state index contributed by atoms with van der Waals surface area (Å²) in [4.78, 5) is 13.8. The van der Waals surface area contributed by atoms with Crippen LogP contribution in [0.3, 0.4) is 0 Å². The number of likely N-dealkylation sites (N-methyl/N-ethyl adjacent to an activating group) is 1. The van der Waals surface area contributed by atoms with E-state index in [9.17, 15) is 9.18 Å². The summed E-state index contributed by atoms with van der Waals surface area (Å²) in [6.45, 7) is 0.947. The number of hydrogen-bond donors (Lipinski definition) is 1. The minimum atomic E-state index is -0.361. The van der Waals surface area contributed by atoms with Crippen molar-refractivity contribution in [1.82, 2.24) is 4.90 Å². The number of benzene rings is 2. The van der Waals surface area contributed by atoms with Crippen molar-refractivity contribution < 1.29 is 9.18 Å². The van der Waals surface area contributed by atoms with Crippen LogP contribution in [0, 0.1) is 5.82 Å². The normalized spacial score (nSPS) is 10.6. The van der Waals surface area contributed by atoms with E-state index in [-0.39, 0.29) is 18.3 Å². The predicted octanol–water partition coefficient (Wildman–Crippen LogP) is 2.90. The van der Waals surface area contributed by atoms with E-state index in [1.807, 2.05) is 42.3 Å². The monoisotopic (exact) mass is 272 g/mol. The van der Waals surface area contributed by atoms with E-state index >= 15 is 0 Å². The molecule has 0 saturated carbocycles. The van der Waals surface area contributed by atoms with Crippen molar-refractivity contribution in [3.63, 3.8) is 0 Å². The molecule has 3 nitrogen and oxygen atoms in total. The van der Waals surface area contributed by atoms with Gasteiger partial charge in [-0.25, -0.2) is 4.39 Å². The summed E-state index contributed by atoms with van der Waals surface area (Å²) in [5, 5.41) is 2.68. The van der Waals surface area contributed by atoms with Gasteiger partial charge in [0.2, 0.25) is 5.91 Å². The lowest BCUT2D eigenvalue weighted by Crippen LogP contribution is -2.29. The number of nitrogens with one attached hydrogen (secondary N) is 1. The number of rotatable bonds is 5. The molecule has 2 rings (SSSR count). The van der Waals surface area contributed by atoms with Crippen LogP contribution in [0.2, 0.25) is 0 Å². The smallest absolute Gasteiger partial charge is 0.238 e. The Hall–Kier alpha value is -2.20. The van der Waals surface area contributed by atoms with E-state index in [1.54, 1.807) is 12.1 Å². The maximum atomic E-state index is 13.0. The second-order valence-electron chi connectivity index (χ2n) is 4.72. The predicted molar refractivity (Wildman–Crippen MR) is 77.8 cm³/mol. The average molecular weight is 272 g/mol. The molecule has 0 bridgehead atoms. The molecule has 0 heterocycles. The van der Waals surface area contributed by atoms with Gasteiger partial charge in [0.1, 0.15) is 5.82 Å². The topological polar surface area (TPSA) is 32.3 Å². The molecule has 104 valence electrons. The van der Waals surface area contributed by atoms with Crippen LogP contribution in [0.15, 0.2) is 54.6 Å². The standard InChI is InChI=1S/C16H17FN2O/c1-19(11-13-6-3-2-4-7-13)12-16(20)18-15-9-5-8-14(17)10-15/h2-10H,11-12H2,1H3,(H,18,20). The van der Waals surface area contributed by atoms with Gasteiger partial charge in [-0.05, 0) is 30.8 Å². The quantitative estimate of drug-likeness (QED) is 0.907. The molecule has 2 aromatic rings. The lowest BCUT2D eigenvalue weighted by molar-refractivity contribution is -0.117. The molecule has 0 saturated heterocycles. The highest BCUT2D eigenvalue weighted by atomic mass is 19.1. The first-order chi connectivity index (χ1) is 9.63. The first-order valence-corrected chi connectivity index (χ1v) is 6.41. The number of amides is 1. The van der Waals surface area contributed by atoms with Crippen molar-refractivity contribution in [2.24, 2.45) is 0 Å². The molecular formula is C16H17FN2O. The summed E-state index contributed by atoms with van der Waals surface area (Å²) in [5.41, 5.74) is 1.62. The zero-order valence-corrected chi connectivity index (χ0v) is 11.3. The molecule has 0 aromatic heterocycles. The Kier molecular flexibility index (Phi) is 4.85. The summed E-state index contributed by atoms with van der Waals surface area (Å²) < 4.78 is 13.0. The molecule has 1 amide bonds. The van der Waals surface area contributed by atoms with Gasteiger partial charge in [-0.15, -0.1) is 0 Å². The zero-order valence-electron chi connectivity index (χ0n) is 11.3. The van der Waals surface area contributed by atoms with Crippen molar-refractivity contribution in [3.05, 3.63) is 66.0 Å². The maximum Gasteiger partial charge on any atom is 0.238 e. The van der Waals surface area contributed by atoms with Crippen molar-refractivity contribution in [3.8, 4) is 0 Å². The van der Waals surface area contributed by atoms with Gasteiger partial charge in [-0.3, -0.25) is 9.69 Å². The van der Waals surface area contributed by atoms with Gasteiger partial charge in [-0.2, -0.15) is 0 Å². The summed E-state index contributed by atoms with van der Waals surface area (Å²) >= 11 is 0. The highest BCUT2D eigenvalue weighted by Gasteiger charge is 2.07. The van der Waals surface area contributed by atoms with Crippen LogP contribution >= 0.6 is 0 Å². The highest BCUT2D eigenvalue weighted by Crippen LogP contribution is 2.09. The summed E-state index contributed by atoms with van der Waals surface area (Å²) in [6, 6.07) is 15.8. The van der Waals surface area contributed by atoms with Gasteiger partial charge in [0.05, 0.1) is 6.54 Å². The Morgan fingerprint density at radius 1 is 1.15 bits per heavy atom. The van der Waals surface area contributed by atoms with E-state index < -0.39 is 0 Å². The molecule has 0 aliphatic carbocycles. The molecule has 0 unspecified atom stereocenters. The van der Waals surface area contributed by atoms with Gasteiger partial charge in [0.15, 0.2) is 0 Å². The number of anilines is 1. The number of nitrogens with zero attached hydrogens (tertiary/aromatic N) is 1. The lowest BCUT2D eigenvalue weighted by atomic mass is 10.2. The van der Waals surface area contributed by atoms with Gasteiger partial charge >= 0.3 is 0 Å². The molecule has 4 heteroatoms. The molecule has 0 aliphatic heterocycles. The van der Waals surface area contributed by atoms with Crippen LogP contribution in [-0.2, 0) is 11.3 Å². The highest BCUT2D eigenvalue weighted by molar-refractivity contribution is 5.92. The molecule has 0 aliphatic rings. The largest absolute Gasteiger partial charge is 0.325 e. The molecular weight excluding hydrogens is 255 g/mol. The van der Waals surface area contributed by atoms with Crippen molar-refractivity contribution in [2.75, 3.05) is 18.9 Å². The van der Waals surface area contributed by atoms with E-state index in [2.05, 4.69) is 5.32 Å². The summed E-state index contributed by atoms with van der Waals surface area (Å²) in [5.74, 6) is -0.519. The molecule has 0 spiro atoms. The van der Waals surface area contributed by atoms with Gasteiger partial charge < -0.3 is 5.32 Å². The van der Waals surface area contributed by atoms with Gasteiger partial charge in [0, 0.05) is 12.2 Å². The minimum absolute atomic E-state index is 0.158. The first-order valence-electron chi connectivity index (χ1n) is 6.41. The van der Waals surface area contributed by atoms with E-state index in [4.69, 9.17) is 0 Å². The van der Waals surface area contributed by atoms with Crippen LogP contribution in [-0.4, -0.2) is 24.4 Å².